The standard InChI is InChI=1S/C17H26N4/c1-4-17-18-15-12-14(6-7-16(15)21(17)5-2)13-20-10-8-19(3)9-11-20/h6-7,12H,4-5,8-11,13H2,1-3H3. The number of benzene rings is 1. The smallest absolute Gasteiger partial charge is 0.109 e. The van der Waals surface area contributed by atoms with Gasteiger partial charge in [-0.1, -0.05) is 13.0 Å². The predicted octanol–water partition coefficient (Wildman–Crippen LogP) is 2.37. The molecule has 114 valence electrons. The maximum Gasteiger partial charge on any atom is 0.109 e. The number of aromatic nitrogens is 2. The molecule has 21 heavy (non-hydrogen) atoms. The summed E-state index contributed by atoms with van der Waals surface area (Å²) in [6.45, 7) is 11.1. The Bertz CT molecular complexity index is 609. The monoisotopic (exact) mass is 286 g/mol. The van der Waals surface area contributed by atoms with Crippen LogP contribution in [0.15, 0.2) is 18.2 Å². The van der Waals surface area contributed by atoms with Crippen LogP contribution < -0.4 is 0 Å². The summed E-state index contributed by atoms with van der Waals surface area (Å²) in [6.07, 6.45) is 0.996. The van der Waals surface area contributed by atoms with Gasteiger partial charge in [-0.2, -0.15) is 0 Å². The Balaban J connectivity index is 1.81. The summed E-state index contributed by atoms with van der Waals surface area (Å²) in [5.41, 5.74) is 3.81. The molecule has 0 bridgehead atoms. The van der Waals surface area contributed by atoms with E-state index in [1.165, 1.54) is 30.0 Å². The van der Waals surface area contributed by atoms with Gasteiger partial charge in [0.2, 0.25) is 0 Å². The zero-order chi connectivity index (χ0) is 14.8. The first-order valence-corrected chi connectivity index (χ1v) is 8.10. The first kappa shape index (κ1) is 14.5. The van der Waals surface area contributed by atoms with Crippen LogP contribution in [0, 0.1) is 0 Å². The lowest BCUT2D eigenvalue weighted by Crippen LogP contribution is -2.43. The zero-order valence-corrected chi connectivity index (χ0v) is 13.5. The van der Waals surface area contributed by atoms with Crippen molar-refractivity contribution in [2.24, 2.45) is 0 Å². The highest BCUT2D eigenvalue weighted by atomic mass is 15.2. The number of rotatable bonds is 4. The number of fused-ring (bicyclic) bond motifs is 1. The van der Waals surface area contributed by atoms with E-state index in [0.717, 1.165) is 38.1 Å². The van der Waals surface area contributed by atoms with Crippen molar-refractivity contribution >= 4 is 11.0 Å². The first-order chi connectivity index (χ1) is 10.2. The van der Waals surface area contributed by atoms with Crippen molar-refractivity contribution in [1.82, 2.24) is 19.4 Å². The highest BCUT2D eigenvalue weighted by Crippen LogP contribution is 2.19. The summed E-state index contributed by atoms with van der Waals surface area (Å²) in [6, 6.07) is 6.79. The summed E-state index contributed by atoms with van der Waals surface area (Å²) >= 11 is 0. The number of imidazole rings is 1. The average molecular weight is 286 g/mol. The predicted molar refractivity (Wildman–Crippen MR) is 87.6 cm³/mol. The van der Waals surface area contributed by atoms with E-state index in [-0.39, 0.29) is 0 Å². The van der Waals surface area contributed by atoms with E-state index in [2.05, 4.69) is 53.5 Å². The van der Waals surface area contributed by atoms with E-state index in [1.54, 1.807) is 0 Å². The van der Waals surface area contributed by atoms with Crippen molar-refractivity contribution in [3.05, 3.63) is 29.6 Å². The van der Waals surface area contributed by atoms with Crippen molar-refractivity contribution < 1.29 is 0 Å². The van der Waals surface area contributed by atoms with Gasteiger partial charge in [0.05, 0.1) is 11.0 Å². The van der Waals surface area contributed by atoms with Gasteiger partial charge in [-0.25, -0.2) is 4.98 Å². The molecule has 0 atom stereocenters. The normalized spacial score (nSPS) is 17.7. The molecule has 1 aromatic carbocycles. The molecule has 1 fully saturated rings. The van der Waals surface area contributed by atoms with Gasteiger partial charge in [0.15, 0.2) is 0 Å². The molecule has 0 radical (unpaired) electrons. The minimum atomic E-state index is 0.996. The lowest BCUT2D eigenvalue weighted by Gasteiger charge is -2.32. The topological polar surface area (TPSA) is 24.3 Å². The van der Waals surface area contributed by atoms with E-state index >= 15 is 0 Å². The number of piperazine rings is 1. The van der Waals surface area contributed by atoms with Crippen LogP contribution in [-0.2, 0) is 19.5 Å². The number of likely N-dealkylation sites (N-methyl/N-ethyl adjacent to an activating group) is 1. The molecule has 0 amide bonds. The maximum atomic E-state index is 4.80. The van der Waals surface area contributed by atoms with Gasteiger partial charge in [0, 0.05) is 45.7 Å². The molecular weight excluding hydrogens is 260 g/mol. The summed E-state index contributed by atoms with van der Waals surface area (Å²) in [5.74, 6) is 1.20. The fourth-order valence-corrected chi connectivity index (χ4v) is 3.21. The molecule has 1 aliphatic rings. The van der Waals surface area contributed by atoms with Crippen molar-refractivity contribution in [3.8, 4) is 0 Å². The van der Waals surface area contributed by atoms with Crippen molar-refractivity contribution in [3.63, 3.8) is 0 Å². The molecule has 0 aliphatic carbocycles. The lowest BCUT2D eigenvalue weighted by atomic mass is 10.1. The maximum absolute atomic E-state index is 4.80. The van der Waals surface area contributed by atoms with E-state index in [1.807, 2.05) is 0 Å². The van der Waals surface area contributed by atoms with Crippen LogP contribution in [0.2, 0.25) is 0 Å². The molecule has 3 rings (SSSR count). The van der Waals surface area contributed by atoms with Gasteiger partial charge in [-0.3, -0.25) is 4.90 Å². The summed E-state index contributed by atoms with van der Waals surface area (Å²) in [4.78, 5) is 9.74. The second kappa shape index (κ2) is 6.16. The second-order valence-electron chi connectivity index (χ2n) is 6.03. The third kappa shape index (κ3) is 2.97. The van der Waals surface area contributed by atoms with Gasteiger partial charge < -0.3 is 9.47 Å². The molecule has 2 heterocycles. The molecule has 4 nitrogen and oxygen atoms in total. The van der Waals surface area contributed by atoms with Gasteiger partial charge in [-0.05, 0) is 31.7 Å². The molecule has 1 aromatic heterocycles. The highest BCUT2D eigenvalue weighted by Gasteiger charge is 2.15. The highest BCUT2D eigenvalue weighted by molar-refractivity contribution is 5.77. The van der Waals surface area contributed by atoms with Crippen LogP contribution in [0.4, 0.5) is 0 Å². The summed E-state index contributed by atoms with van der Waals surface area (Å²) in [7, 11) is 2.20. The van der Waals surface area contributed by atoms with E-state index in [4.69, 9.17) is 4.98 Å². The Kier molecular flexibility index (Phi) is 4.27. The van der Waals surface area contributed by atoms with Gasteiger partial charge >= 0.3 is 0 Å². The van der Waals surface area contributed by atoms with Crippen molar-refractivity contribution in [1.29, 1.82) is 0 Å². The van der Waals surface area contributed by atoms with Crippen molar-refractivity contribution in [2.75, 3.05) is 33.2 Å². The molecule has 2 aromatic rings. The Morgan fingerprint density at radius 1 is 1.10 bits per heavy atom. The summed E-state index contributed by atoms with van der Waals surface area (Å²) in [5, 5.41) is 0. The first-order valence-electron chi connectivity index (χ1n) is 8.10. The Hall–Kier alpha value is -1.39. The number of aryl methyl sites for hydroxylation is 2. The molecule has 1 saturated heterocycles. The fraction of sp³-hybridized carbons (Fsp3) is 0.588. The van der Waals surface area contributed by atoms with Gasteiger partial charge in [0.25, 0.3) is 0 Å². The minimum Gasteiger partial charge on any atom is -0.328 e. The van der Waals surface area contributed by atoms with Gasteiger partial charge in [0.1, 0.15) is 5.82 Å². The molecular formula is C17H26N4. The third-order valence-electron chi connectivity index (χ3n) is 4.53. The molecule has 0 N–H and O–H groups in total. The van der Waals surface area contributed by atoms with E-state index in [0.29, 0.717) is 0 Å². The van der Waals surface area contributed by atoms with E-state index < -0.39 is 0 Å². The fourth-order valence-electron chi connectivity index (χ4n) is 3.21. The molecule has 4 heteroatoms. The van der Waals surface area contributed by atoms with Crippen LogP contribution in [0.25, 0.3) is 11.0 Å². The Labute approximate surface area is 127 Å². The van der Waals surface area contributed by atoms with Crippen LogP contribution in [0.5, 0.6) is 0 Å². The SMILES string of the molecule is CCc1nc2cc(CN3CCN(C)CC3)ccc2n1CC. The molecule has 1 aliphatic heterocycles. The minimum absolute atomic E-state index is 0.996. The van der Waals surface area contributed by atoms with Gasteiger partial charge in [-0.15, -0.1) is 0 Å². The summed E-state index contributed by atoms with van der Waals surface area (Å²) < 4.78 is 2.33. The van der Waals surface area contributed by atoms with Crippen molar-refractivity contribution in [2.45, 2.75) is 33.4 Å². The quantitative estimate of drug-likeness (QED) is 0.862. The number of nitrogens with zero attached hydrogens (tertiary/aromatic N) is 4. The number of hydrogen-bond donors (Lipinski definition) is 0. The second-order valence-corrected chi connectivity index (χ2v) is 6.03. The largest absolute Gasteiger partial charge is 0.328 e. The molecule has 0 saturated carbocycles. The molecule has 0 spiro atoms. The van der Waals surface area contributed by atoms with Crippen LogP contribution in [0.1, 0.15) is 25.2 Å². The van der Waals surface area contributed by atoms with Crippen LogP contribution >= 0.6 is 0 Å². The Morgan fingerprint density at radius 2 is 1.86 bits per heavy atom. The van der Waals surface area contributed by atoms with Crippen LogP contribution in [-0.4, -0.2) is 52.6 Å². The molecule has 0 unspecified atom stereocenters. The number of hydrogen-bond acceptors (Lipinski definition) is 3. The Morgan fingerprint density at radius 3 is 2.52 bits per heavy atom. The van der Waals surface area contributed by atoms with Crippen LogP contribution in [0.3, 0.4) is 0 Å². The zero-order valence-electron chi connectivity index (χ0n) is 13.5. The third-order valence-corrected chi connectivity index (χ3v) is 4.53. The lowest BCUT2D eigenvalue weighted by molar-refractivity contribution is 0.148. The van der Waals surface area contributed by atoms with E-state index in [9.17, 15) is 0 Å². The average Bonchev–Trinajstić information content (AvgIpc) is 2.86.